The highest BCUT2D eigenvalue weighted by molar-refractivity contribution is 5.70. The average Bonchev–Trinajstić information content (AvgIpc) is 3.62. The first-order chi connectivity index (χ1) is 46.0. The lowest BCUT2D eigenvalue weighted by Gasteiger charge is -2.12. The number of hydrogen-bond acceptors (Lipinski definition) is 14. The average molecular weight is 1340 g/mol. The molecule has 556 valence electrons. The SMILES string of the molecule is CCC(CO)OC(=O)CCCCCCC/C=C/CCCCCCO.CCC(CO)OC(=O)CCCCCCC/C=C\CCCCCCO.CCCCCC/C=C/CCCCCCCC(=O)OC(CC)CO.CCCCCC/C=C\CCCCCCCC(=O)OC(CC)CO. The minimum absolute atomic E-state index is 0.0750. The van der Waals surface area contributed by atoms with Crippen LogP contribution >= 0.6 is 0 Å². The molecule has 0 aromatic rings. The second-order valence-corrected chi connectivity index (χ2v) is 25.5. The van der Waals surface area contributed by atoms with Gasteiger partial charge in [0.05, 0.1) is 26.4 Å². The molecule has 6 N–H and O–H groups in total. The van der Waals surface area contributed by atoms with Crippen LogP contribution in [-0.4, -0.2) is 119 Å². The van der Waals surface area contributed by atoms with Crippen LogP contribution in [0.1, 0.15) is 375 Å². The maximum absolute atomic E-state index is 11.5. The number of rotatable bonds is 66. The molecule has 0 aliphatic heterocycles. The molecule has 0 saturated heterocycles. The van der Waals surface area contributed by atoms with Crippen LogP contribution in [0.25, 0.3) is 0 Å². The van der Waals surface area contributed by atoms with Gasteiger partial charge in [-0.1, -0.05) is 231 Å². The quantitative estimate of drug-likeness (QED) is 0.0144. The standard InChI is InChI=1S/2C20H38O4.2C20H38O3/c2*1-2-19(18-22)24-20(23)16-14-12-10-8-6-4-3-5-7-9-11-13-15-17-21;2*1-3-5-6-7-8-9-10-11-12-13-14-15-16-17-20(22)23-19(4-2)18-21/h2*3,5,19,21-22H,2,4,6-18H2,1H3;2*9-10,19,21H,3-8,11-18H2,1-2H3/b5-3+;5-3-;10-9+;10-9-. The van der Waals surface area contributed by atoms with E-state index in [2.05, 4.69) is 62.5 Å². The molecule has 0 aromatic heterocycles. The minimum Gasteiger partial charge on any atom is -0.460 e. The van der Waals surface area contributed by atoms with Crippen molar-refractivity contribution >= 4 is 23.9 Å². The Balaban J connectivity index is -0.000000575. The van der Waals surface area contributed by atoms with E-state index in [-0.39, 0.29) is 74.7 Å². The first-order valence-corrected chi connectivity index (χ1v) is 39.0. The number of aliphatic hydroxyl groups is 6. The normalized spacial score (nSPS) is 12.6. The molecule has 14 heteroatoms. The fourth-order valence-electron chi connectivity index (χ4n) is 10.0. The van der Waals surface area contributed by atoms with Crippen molar-refractivity contribution < 1.29 is 68.8 Å². The Labute approximate surface area is 578 Å². The molecule has 0 radical (unpaired) electrons. The molecule has 14 nitrogen and oxygen atoms in total. The zero-order valence-electron chi connectivity index (χ0n) is 61.9. The van der Waals surface area contributed by atoms with Crippen molar-refractivity contribution in [2.45, 2.75) is 400 Å². The number of allylic oxidation sites excluding steroid dienone is 8. The maximum atomic E-state index is 11.5. The zero-order valence-corrected chi connectivity index (χ0v) is 61.9. The molecule has 0 aromatic carbocycles. The van der Waals surface area contributed by atoms with Crippen LogP contribution in [0.15, 0.2) is 48.6 Å². The summed E-state index contributed by atoms with van der Waals surface area (Å²) in [7, 11) is 0. The van der Waals surface area contributed by atoms with Crippen molar-refractivity contribution in [3.63, 3.8) is 0 Å². The number of ether oxygens (including phenoxy) is 4. The Bertz CT molecular complexity index is 1520. The molecule has 0 spiro atoms. The summed E-state index contributed by atoms with van der Waals surface area (Å²) < 4.78 is 20.6. The van der Waals surface area contributed by atoms with Gasteiger partial charge in [-0.05, 0) is 167 Å². The van der Waals surface area contributed by atoms with Gasteiger partial charge in [0.25, 0.3) is 0 Å². The molecule has 0 rings (SSSR count). The molecule has 4 atom stereocenters. The second kappa shape index (κ2) is 85.7. The summed E-state index contributed by atoms with van der Waals surface area (Å²) in [5, 5.41) is 53.3. The van der Waals surface area contributed by atoms with Gasteiger partial charge in [0.15, 0.2) is 0 Å². The van der Waals surface area contributed by atoms with Gasteiger partial charge in [0, 0.05) is 38.9 Å². The lowest BCUT2D eigenvalue weighted by molar-refractivity contribution is -0.152. The number of esters is 4. The highest BCUT2D eigenvalue weighted by atomic mass is 16.6. The summed E-state index contributed by atoms with van der Waals surface area (Å²) >= 11 is 0. The lowest BCUT2D eigenvalue weighted by atomic mass is 10.1. The largest absolute Gasteiger partial charge is 0.460 e. The van der Waals surface area contributed by atoms with E-state index in [0.717, 1.165) is 103 Å². The molecule has 0 fully saturated rings. The Morgan fingerprint density at radius 2 is 0.394 bits per heavy atom. The van der Waals surface area contributed by atoms with Crippen LogP contribution in [0.2, 0.25) is 0 Å². The van der Waals surface area contributed by atoms with Gasteiger partial charge in [0.2, 0.25) is 0 Å². The van der Waals surface area contributed by atoms with Crippen molar-refractivity contribution in [1.29, 1.82) is 0 Å². The van der Waals surface area contributed by atoms with Crippen molar-refractivity contribution in [3.05, 3.63) is 48.6 Å². The lowest BCUT2D eigenvalue weighted by Crippen LogP contribution is -2.20. The summed E-state index contributed by atoms with van der Waals surface area (Å²) in [6.45, 7) is 12.4. The number of hydrogen-bond donors (Lipinski definition) is 6. The summed E-state index contributed by atoms with van der Waals surface area (Å²) in [4.78, 5) is 46.1. The Kier molecular flexibility index (Phi) is 88.4. The van der Waals surface area contributed by atoms with Crippen LogP contribution in [0.3, 0.4) is 0 Å². The van der Waals surface area contributed by atoms with Crippen molar-refractivity contribution in [2.24, 2.45) is 0 Å². The molecular weight excluding hydrogens is 1180 g/mol. The van der Waals surface area contributed by atoms with Gasteiger partial charge in [-0.3, -0.25) is 19.2 Å². The highest BCUT2D eigenvalue weighted by Crippen LogP contribution is 2.16. The van der Waals surface area contributed by atoms with Gasteiger partial charge in [0.1, 0.15) is 24.4 Å². The summed E-state index contributed by atoms with van der Waals surface area (Å²) in [5.74, 6) is -0.704. The number of carbonyl (C=O) groups excluding carboxylic acids is 4. The molecule has 0 amide bonds. The fraction of sp³-hybridized carbons (Fsp3) is 0.850. The van der Waals surface area contributed by atoms with Gasteiger partial charge in [-0.2, -0.15) is 0 Å². The Morgan fingerprint density at radius 1 is 0.234 bits per heavy atom. The monoisotopic (exact) mass is 1340 g/mol. The molecule has 0 aliphatic carbocycles. The van der Waals surface area contributed by atoms with Crippen molar-refractivity contribution in [2.75, 3.05) is 39.6 Å². The zero-order chi connectivity index (χ0) is 70.1. The number of aliphatic hydroxyl groups excluding tert-OH is 6. The predicted octanol–water partition coefficient (Wildman–Crippen LogP) is 20.2. The van der Waals surface area contributed by atoms with E-state index in [1.807, 2.05) is 27.7 Å². The van der Waals surface area contributed by atoms with E-state index in [1.54, 1.807) is 0 Å². The highest BCUT2D eigenvalue weighted by Gasteiger charge is 2.14. The van der Waals surface area contributed by atoms with Crippen LogP contribution < -0.4 is 0 Å². The van der Waals surface area contributed by atoms with Crippen LogP contribution in [0.4, 0.5) is 0 Å². The fourth-order valence-corrected chi connectivity index (χ4v) is 10.0. The summed E-state index contributed by atoms with van der Waals surface area (Å²) in [6.07, 6.45) is 73.3. The third kappa shape index (κ3) is 82.8. The first-order valence-electron chi connectivity index (χ1n) is 39.0. The number of carbonyl (C=O) groups is 4. The van der Waals surface area contributed by atoms with E-state index >= 15 is 0 Å². The van der Waals surface area contributed by atoms with E-state index in [1.165, 1.54) is 180 Å². The summed E-state index contributed by atoms with van der Waals surface area (Å²) in [6, 6.07) is 0. The van der Waals surface area contributed by atoms with E-state index in [4.69, 9.17) is 49.6 Å². The van der Waals surface area contributed by atoms with Crippen LogP contribution in [0.5, 0.6) is 0 Å². The third-order valence-electron chi connectivity index (χ3n) is 16.5. The second-order valence-electron chi connectivity index (χ2n) is 25.5. The number of unbranched alkanes of at least 4 members (excludes halogenated alkanes) is 36. The van der Waals surface area contributed by atoms with Crippen molar-refractivity contribution in [1.82, 2.24) is 0 Å². The van der Waals surface area contributed by atoms with Crippen LogP contribution in [-0.2, 0) is 38.1 Å². The molecular formula is C80H152O14. The smallest absolute Gasteiger partial charge is 0.306 e. The predicted molar refractivity (Wildman–Crippen MR) is 393 cm³/mol. The van der Waals surface area contributed by atoms with Gasteiger partial charge < -0.3 is 49.6 Å². The molecule has 0 bridgehead atoms. The topological polar surface area (TPSA) is 227 Å². The maximum Gasteiger partial charge on any atom is 0.306 e. The van der Waals surface area contributed by atoms with Crippen LogP contribution in [0, 0.1) is 0 Å². The Hall–Kier alpha value is -3.40. The van der Waals surface area contributed by atoms with E-state index in [9.17, 15) is 19.2 Å². The molecule has 94 heavy (non-hydrogen) atoms. The van der Waals surface area contributed by atoms with Gasteiger partial charge in [-0.15, -0.1) is 0 Å². The van der Waals surface area contributed by atoms with Crippen molar-refractivity contribution in [3.8, 4) is 0 Å². The molecule has 0 saturated carbocycles. The molecule has 4 unspecified atom stereocenters. The first kappa shape index (κ1) is 97.0. The molecule has 0 heterocycles. The van der Waals surface area contributed by atoms with E-state index in [0.29, 0.717) is 64.6 Å². The van der Waals surface area contributed by atoms with Gasteiger partial charge in [-0.25, -0.2) is 0 Å². The van der Waals surface area contributed by atoms with E-state index < -0.39 is 0 Å². The van der Waals surface area contributed by atoms with Gasteiger partial charge >= 0.3 is 23.9 Å². The Morgan fingerprint density at radius 3 is 0.553 bits per heavy atom. The molecule has 0 aliphatic rings. The summed E-state index contributed by atoms with van der Waals surface area (Å²) in [5.41, 5.74) is 0. The minimum atomic E-state index is -0.334. The third-order valence-corrected chi connectivity index (χ3v) is 16.5.